The summed E-state index contributed by atoms with van der Waals surface area (Å²) >= 11 is 0. The molecule has 4 nitrogen and oxygen atoms in total. The highest BCUT2D eigenvalue weighted by atomic mass is 16.5. The molecule has 2 saturated carbocycles. The smallest absolute Gasteiger partial charge is 0.220 e. The Bertz CT molecular complexity index is 683. The van der Waals surface area contributed by atoms with Gasteiger partial charge in [0, 0.05) is 17.5 Å². The minimum absolute atomic E-state index is 0.0384. The van der Waals surface area contributed by atoms with Crippen molar-refractivity contribution in [3.8, 4) is 0 Å². The topological polar surface area (TPSA) is 55.1 Å². The summed E-state index contributed by atoms with van der Waals surface area (Å²) in [6.07, 6.45) is 11.0. The summed E-state index contributed by atoms with van der Waals surface area (Å²) < 4.78 is 5.27. The van der Waals surface area contributed by atoms with Gasteiger partial charge < -0.3 is 9.84 Å². The van der Waals surface area contributed by atoms with Gasteiger partial charge in [0.1, 0.15) is 6.26 Å². The summed E-state index contributed by atoms with van der Waals surface area (Å²) in [4.78, 5) is 12.0. The van der Waals surface area contributed by atoms with Crippen LogP contribution in [0.5, 0.6) is 0 Å². The second-order valence-electron chi connectivity index (χ2n) is 9.37. The van der Waals surface area contributed by atoms with Crippen LogP contribution in [0.2, 0.25) is 0 Å². The van der Waals surface area contributed by atoms with Crippen molar-refractivity contribution in [3.05, 3.63) is 17.5 Å². The molecule has 2 heterocycles. The lowest BCUT2D eigenvalue weighted by atomic mass is 9.45. The number of nitrogens with one attached hydrogen (secondary N) is 1. The number of nitrogens with zero attached hydrogens (tertiary/aromatic N) is 1. The van der Waals surface area contributed by atoms with Crippen molar-refractivity contribution in [2.24, 2.45) is 29.1 Å². The van der Waals surface area contributed by atoms with Crippen LogP contribution in [0.1, 0.15) is 63.6 Å². The largest absolute Gasteiger partial charge is 0.364 e. The van der Waals surface area contributed by atoms with Gasteiger partial charge in [0.2, 0.25) is 5.91 Å². The minimum Gasteiger partial charge on any atom is -0.364 e. The highest BCUT2D eigenvalue weighted by Gasteiger charge is 2.58. The second kappa shape index (κ2) is 4.86. The molecule has 24 heavy (non-hydrogen) atoms. The van der Waals surface area contributed by atoms with E-state index in [1.54, 1.807) is 0 Å². The average Bonchev–Trinajstić information content (AvgIpc) is 2.97. The highest BCUT2D eigenvalue weighted by Crippen LogP contribution is 2.61. The maximum Gasteiger partial charge on any atom is 0.220 e. The second-order valence-corrected chi connectivity index (χ2v) is 9.37. The van der Waals surface area contributed by atoms with Gasteiger partial charge in [-0.25, -0.2) is 0 Å². The maximum atomic E-state index is 12.0. The molecule has 1 N–H and O–H groups in total. The number of aromatic nitrogens is 1. The van der Waals surface area contributed by atoms with Crippen LogP contribution in [0.25, 0.3) is 0 Å². The first-order chi connectivity index (χ1) is 11.5. The fourth-order valence-electron chi connectivity index (χ4n) is 7.06. The molecular formula is C20H28N2O2. The van der Waals surface area contributed by atoms with E-state index in [9.17, 15) is 4.79 Å². The van der Waals surface area contributed by atoms with Gasteiger partial charge in [0.25, 0.3) is 0 Å². The molecule has 5 rings (SSSR count). The van der Waals surface area contributed by atoms with E-state index in [-0.39, 0.29) is 11.4 Å². The molecule has 0 bridgehead atoms. The number of piperidine rings is 1. The Morgan fingerprint density at radius 3 is 2.96 bits per heavy atom. The zero-order valence-electron chi connectivity index (χ0n) is 14.8. The van der Waals surface area contributed by atoms with Crippen molar-refractivity contribution in [2.75, 3.05) is 0 Å². The molecule has 3 aliphatic carbocycles. The van der Waals surface area contributed by atoms with Crippen molar-refractivity contribution in [3.63, 3.8) is 0 Å². The van der Waals surface area contributed by atoms with Gasteiger partial charge in [-0.05, 0) is 81.0 Å². The van der Waals surface area contributed by atoms with Gasteiger partial charge in [-0.15, -0.1) is 0 Å². The monoisotopic (exact) mass is 328 g/mol. The zero-order chi connectivity index (χ0) is 16.5. The first-order valence-electron chi connectivity index (χ1n) is 9.73. The van der Waals surface area contributed by atoms with E-state index in [1.165, 1.54) is 30.5 Å². The predicted molar refractivity (Wildman–Crippen MR) is 90.2 cm³/mol. The lowest BCUT2D eigenvalue weighted by Crippen LogP contribution is -2.63. The number of hydrogen-bond donors (Lipinski definition) is 1. The molecule has 3 fully saturated rings. The molecule has 1 aromatic rings. The van der Waals surface area contributed by atoms with E-state index < -0.39 is 0 Å². The zero-order valence-corrected chi connectivity index (χ0v) is 14.8. The Kier molecular flexibility index (Phi) is 3.03. The average molecular weight is 328 g/mol. The highest BCUT2D eigenvalue weighted by molar-refractivity contribution is 5.77. The summed E-state index contributed by atoms with van der Waals surface area (Å²) in [6, 6.07) is 0. The van der Waals surface area contributed by atoms with Crippen molar-refractivity contribution >= 4 is 5.91 Å². The van der Waals surface area contributed by atoms with E-state index in [2.05, 4.69) is 24.3 Å². The van der Waals surface area contributed by atoms with Crippen LogP contribution in [-0.4, -0.2) is 16.6 Å². The lowest BCUT2D eigenvalue weighted by molar-refractivity contribution is -0.136. The lowest BCUT2D eigenvalue weighted by Gasteiger charge is -2.61. The predicted octanol–water partition coefficient (Wildman–Crippen LogP) is 3.50. The third-order valence-electron chi connectivity index (χ3n) is 8.30. The summed E-state index contributed by atoms with van der Waals surface area (Å²) in [5, 5.41) is 7.61. The first kappa shape index (κ1) is 15.0. The Morgan fingerprint density at radius 2 is 2.08 bits per heavy atom. The number of carbonyl (C=O) groups is 1. The van der Waals surface area contributed by atoms with Crippen molar-refractivity contribution in [1.29, 1.82) is 0 Å². The third-order valence-corrected chi connectivity index (χ3v) is 8.30. The number of amides is 1. The summed E-state index contributed by atoms with van der Waals surface area (Å²) in [5.74, 6) is 3.23. The van der Waals surface area contributed by atoms with Crippen molar-refractivity contribution < 1.29 is 9.32 Å². The van der Waals surface area contributed by atoms with Crippen LogP contribution >= 0.6 is 0 Å². The van der Waals surface area contributed by atoms with E-state index in [0.717, 1.165) is 49.9 Å². The van der Waals surface area contributed by atoms with E-state index in [0.29, 0.717) is 11.3 Å². The molecule has 6 atom stereocenters. The molecule has 0 spiro atoms. The summed E-state index contributed by atoms with van der Waals surface area (Å²) in [6.45, 7) is 4.84. The molecule has 1 amide bonds. The molecule has 0 aromatic carbocycles. The Hall–Kier alpha value is -1.32. The van der Waals surface area contributed by atoms with Crippen LogP contribution < -0.4 is 5.32 Å². The fourth-order valence-corrected chi connectivity index (χ4v) is 7.06. The van der Waals surface area contributed by atoms with Gasteiger partial charge in [0.15, 0.2) is 0 Å². The molecule has 1 aliphatic heterocycles. The molecule has 0 radical (unpaired) electrons. The minimum atomic E-state index is 0.0384. The van der Waals surface area contributed by atoms with E-state index in [1.807, 2.05) is 6.26 Å². The summed E-state index contributed by atoms with van der Waals surface area (Å²) in [5.41, 5.74) is 2.97. The fraction of sp³-hybridized carbons (Fsp3) is 0.800. The van der Waals surface area contributed by atoms with Crippen molar-refractivity contribution in [1.82, 2.24) is 10.5 Å². The Morgan fingerprint density at radius 1 is 1.21 bits per heavy atom. The van der Waals surface area contributed by atoms with Gasteiger partial charge in [-0.1, -0.05) is 12.1 Å². The molecule has 3 unspecified atom stereocenters. The van der Waals surface area contributed by atoms with Crippen LogP contribution in [0.3, 0.4) is 0 Å². The Labute approximate surface area is 143 Å². The quantitative estimate of drug-likeness (QED) is 0.793. The van der Waals surface area contributed by atoms with E-state index >= 15 is 0 Å². The summed E-state index contributed by atoms with van der Waals surface area (Å²) in [7, 11) is 0. The Balaban J connectivity index is 1.48. The molecule has 1 saturated heterocycles. The number of rotatable bonds is 0. The van der Waals surface area contributed by atoms with Crippen LogP contribution in [0.4, 0.5) is 0 Å². The molecule has 130 valence electrons. The van der Waals surface area contributed by atoms with Crippen molar-refractivity contribution in [2.45, 2.75) is 70.8 Å². The molecule has 4 heteroatoms. The normalized spacial score (nSPS) is 47.0. The maximum absolute atomic E-state index is 12.0. The third kappa shape index (κ3) is 1.91. The number of hydrogen-bond acceptors (Lipinski definition) is 3. The molecular weight excluding hydrogens is 300 g/mol. The van der Waals surface area contributed by atoms with Crippen LogP contribution in [0.15, 0.2) is 10.8 Å². The van der Waals surface area contributed by atoms with Crippen LogP contribution in [0, 0.1) is 29.1 Å². The molecule has 4 aliphatic rings. The van der Waals surface area contributed by atoms with Gasteiger partial charge >= 0.3 is 0 Å². The van der Waals surface area contributed by atoms with Gasteiger partial charge in [-0.2, -0.15) is 0 Å². The van der Waals surface area contributed by atoms with Crippen LogP contribution in [-0.2, 0) is 17.6 Å². The van der Waals surface area contributed by atoms with Gasteiger partial charge in [0.05, 0.1) is 5.69 Å². The van der Waals surface area contributed by atoms with Gasteiger partial charge in [-0.3, -0.25) is 4.79 Å². The number of carbonyl (C=O) groups excluding carboxylic acids is 1. The standard InChI is InChI=1S/C20H28N2O2/c1-19-10-12-11-24-22-17(12)9-13(19)3-4-14-15(19)7-8-20(2)16(14)5-6-18(23)21-20/h11,13-16H,3-10H2,1-2H3,(H,21,23)/t13-,14?,15?,16?,19+,20+/m1/s1. The first-order valence-corrected chi connectivity index (χ1v) is 9.73. The molecule has 1 aromatic heterocycles. The number of fused-ring (bicyclic) bond motifs is 6. The SMILES string of the molecule is C[C@]12CCC3C(CC[C@@H]4Cc5nocc5C[C@]34C)C1CCC(=O)N2. The van der Waals surface area contributed by atoms with E-state index in [4.69, 9.17) is 4.52 Å².